The molecule has 2 atom stereocenters. The van der Waals surface area contributed by atoms with E-state index in [2.05, 4.69) is 5.32 Å². The SMILES string of the molecule is O=C(c1ccoc1)N1CCCC2CNCC21. The molecule has 3 rings (SSSR count). The van der Waals surface area contributed by atoms with E-state index in [4.69, 9.17) is 4.42 Å². The molecule has 0 bridgehead atoms. The van der Waals surface area contributed by atoms with Gasteiger partial charge in [-0.25, -0.2) is 0 Å². The molecule has 2 aliphatic rings. The summed E-state index contributed by atoms with van der Waals surface area (Å²) in [6.45, 7) is 2.88. The van der Waals surface area contributed by atoms with Gasteiger partial charge in [0.25, 0.3) is 5.91 Å². The second-order valence-electron chi connectivity index (χ2n) is 4.64. The van der Waals surface area contributed by atoms with Crippen molar-refractivity contribution in [2.24, 2.45) is 5.92 Å². The molecule has 0 spiro atoms. The minimum Gasteiger partial charge on any atom is -0.472 e. The number of nitrogens with zero attached hydrogens (tertiary/aromatic N) is 1. The molecule has 86 valence electrons. The van der Waals surface area contributed by atoms with Gasteiger partial charge in [-0.15, -0.1) is 0 Å². The second kappa shape index (κ2) is 3.94. The first kappa shape index (κ1) is 9.90. The van der Waals surface area contributed by atoms with Crippen LogP contribution in [-0.4, -0.2) is 36.5 Å². The monoisotopic (exact) mass is 220 g/mol. The van der Waals surface area contributed by atoms with Gasteiger partial charge in [0.2, 0.25) is 0 Å². The molecule has 1 amide bonds. The largest absolute Gasteiger partial charge is 0.472 e. The molecule has 0 radical (unpaired) electrons. The first-order valence-corrected chi connectivity index (χ1v) is 5.90. The first-order chi connectivity index (χ1) is 7.86. The average molecular weight is 220 g/mol. The van der Waals surface area contributed by atoms with Gasteiger partial charge in [-0.2, -0.15) is 0 Å². The maximum absolute atomic E-state index is 12.2. The number of furan rings is 1. The zero-order chi connectivity index (χ0) is 11.0. The van der Waals surface area contributed by atoms with E-state index in [1.165, 1.54) is 12.7 Å². The normalized spacial score (nSPS) is 29.1. The van der Waals surface area contributed by atoms with Gasteiger partial charge >= 0.3 is 0 Å². The van der Waals surface area contributed by atoms with Crippen LogP contribution in [0.15, 0.2) is 23.0 Å². The Balaban J connectivity index is 1.80. The second-order valence-corrected chi connectivity index (χ2v) is 4.64. The smallest absolute Gasteiger partial charge is 0.257 e. The van der Waals surface area contributed by atoms with Crippen LogP contribution in [0.4, 0.5) is 0 Å². The highest BCUT2D eigenvalue weighted by Gasteiger charge is 2.37. The van der Waals surface area contributed by atoms with Crippen LogP contribution in [0.25, 0.3) is 0 Å². The van der Waals surface area contributed by atoms with E-state index in [-0.39, 0.29) is 5.91 Å². The number of rotatable bonds is 1. The lowest BCUT2D eigenvalue weighted by Crippen LogP contribution is -2.48. The van der Waals surface area contributed by atoms with Gasteiger partial charge in [0.05, 0.1) is 11.8 Å². The molecule has 0 aliphatic carbocycles. The van der Waals surface area contributed by atoms with E-state index < -0.39 is 0 Å². The molecule has 4 nitrogen and oxygen atoms in total. The summed E-state index contributed by atoms with van der Waals surface area (Å²) in [6, 6.07) is 2.13. The highest BCUT2D eigenvalue weighted by Crippen LogP contribution is 2.27. The first-order valence-electron chi connectivity index (χ1n) is 5.90. The molecule has 1 aromatic heterocycles. The number of nitrogens with one attached hydrogen (secondary N) is 1. The molecule has 2 unspecified atom stereocenters. The molecule has 2 aliphatic heterocycles. The molecule has 0 saturated carbocycles. The highest BCUT2D eigenvalue weighted by molar-refractivity contribution is 5.94. The summed E-state index contributed by atoms with van der Waals surface area (Å²) in [7, 11) is 0. The van der Waals surface area contributed by atoms with Crippen molar-refractivity contribution in [3.63, 3.8) is 0 Å². The number of fused-ring (bicyclic) bond motifs is 1. The van der Waals surface area contributed by atoms with Crippen LogP contribution in [0, 0.1) is 5.92 Å². The fourth-order valence-electron chi connectivity index (χ4n) is 2.87. The zero-order valence-electron chi connectivity index (χ0n) is 9.19. The van der Waals surface area contributed by atoms with Crippen LogP contribution >= 0.6 is 0 Å². The van der Waals surface area contributed by atoms with Crippen molar-refractivity contribution >= 4 is 5.91 Å². The molecule has 1 aromatic rings. The van der Waals surface area contributed by atoms with Crippen LogP contribution in [0.1, 0.15) is 23.2 Å². The van der Waals surface area contributed by atoms with Gasteiger partial charge in [0, 0.05) is 25.7 Å². The Bertz CT molecular complexity index is 374. The zero-order valence-corrected chi connectivity index (χ0v) is 9.19. The number of piperidine rings is 1. The topological polar surface area (TPSA) is 45.5 Å². The van der Waals surface area contributed by atoms with E-state index in [9.17, 15) is 4.79 Å². The number of hydrogen-bond donors (Lipinski definition) is 1. The summed E-state index contributed by atoms with van der Waals surface area (Å²) in [6.07, 6.45) is 5.45. The Labute approximate surface area is 94.6 Å². The maximum Gasteiger partial charge on any atom is 0.257 e. The number of likely N-dealkylation sites (tertiary alicyclic amines) is 1. The van der Waals surface area contributed by atoms with Gasteiger partial charge in [0.1, 0.15) is 6.26 Å². The summed E-state index contributed by atoms with van der Waals surface area (Å²) in [5.41, 5.74) is 0.674. The van der Waals surface area contributed by atoms with Gasteiger partial charge in [0.15, 0.2) is 0 Å². The van der Waals surface area contributed by atoms with Crippen molar-refractivity contribution in [2.45, 2.75) is 18.9 Å². The molecule has 16 heavy (non-hydrogen) atoms. The third-order valence-corrected chi connectivity index (χ3v) is 3.71. The van der Waals surface area contributed by atoms with Gasteiger partial charge < -0.3 is 14.6 Å². The third kappa shape index (κ3) is 1.53. The summed E-state index contributed by atoms with van der Waals surface area (Å²) < 4.78 is 4.97. The van der Waals surface area contributed by atoms with Crippen LogP contribution < -0.4 is 5.32 Å². The summed E-state index contributed by atoms with van der Waals surface area (Å²) in [4.78, 5) is 14.3. The number of carbonyl (C=O) groups is 1. The van der Waals surface area contributed by atoms with Crippen molar-refractivity contribution in [1.29, 1.82) is 0 Å². The molecular formula is C12H16N2O2. The predicted octanol–water partition coefficient (Wildman–Crippen LogP) is 1.10. The molecule has 3 heterocycles. The van der Waals surface area contributed by atoms with Crippen molar-refractivity contribution in [1.82, 2.24) is 10.2 Å². The minimum absolute atomic E-state index is 0.118. The summed E-state index contributed by atoms with van der Waals surface area (Å²) in [5, 5.41) is 3.38. The Hall–Kier alpha value is -1.29. The van der Waals surface area contributed by atoms with Crippen LogP contribution in [-0.2, 0) is 0 Å². The Morgan fingerprint density at radius 3 is 3.25 bits per heavy atom. The summed E-state index contributed by atoms with van der Waals surface area (Å²) >= 11 is 0. The quantitative estimate of drug-likeness (QED) is 0.771. The van der Waals surface area contributed by atoms with Gasteiger partial charge in [-0.1, -0.05) is 0 Å². The van der Waals surface area contributed by atoms with Crippen molar-refractivity contribution in [3.05, 3.63) is 24.2 Å². The van der Waals surface area contributed by atoms with Crippen LogP contribution in [0.2, 0.25) is 0 Å². The Morgan fingerprint density at radius 1 is 1.50 bits per heavy atom. The molecule has 0 aromatic carbocycles. The van der Waals surface area contributed by atoms with Gasteiger partial charge in [-0.3, -0.25) is 4.79 Å². The highest BCUT2D eigenvalue weighted by atomic mass is 16.3. The fourth-order valence-corrected chi connectivity index (χ4v) is 2.87. The van der Waals surface area contributed by atoms with Crippen LogP contribution in [0.5, 0.6) is 0 Å². The Morgan fingerprint density at radius 2 is 2.44 bits per heavy atom. The molecule has 4 heteroatoms. The van der Waals surface area contributed by atoms with E-state index in [1.54, 1.807) is 12.3 Å². The van der Waals surface area contributed by atoms with Crippen molar-refractivity contribution in [3.8, 4) is 0 Å². The molecule has 2 fully saturated rings. The number of hydrogen-bond acceptors (Lipinski definition) is 3. The lowest BCUT2D eigenvalue weighted by molar-refractivity contribution is 0.0574. The number of carbonyl (C=O) groups excluding carboxylic acids is 1. The van der Waals surface area contributed by atoms with Crippen LogP contribution in [0.3, 0.4) is 0 Å². The van der Waals surface area contributed by atoms with E-state index >= 15 is 0 Å². The van der Waals surface area contributed by atoms with Crippen molar-refractivity contribution < 1.29 is 9.21 Å². The predicted molar refractivity (Wildman–Crippen MR) is 59.1 cm³/mol. The van der Waals surface area contributed by atoms with E-state index in [0.717, 1.165) is 26.1 Å². The molecule has 1 N–H and O–H groups in total. The van der Waals surface area contributed by atoms with Crippen molar-refractivity contribution in [2.75, 3.05) is 19.6 Å². The number of amides is 1. The lowest BCUT2D eigenvalue weighted by Gasteiger charge is -2.36. The van der Waals surface area contributed by atoms with Gasteiger partial charge in [-0.05, 0) is 24.8 Å². The lowest BCUT2D eigenvalue weighted by atomic mass is 9.91. The summed E-state index contributed by atoms with van der Waals surface area (Å²) in [5.74, 6) is 0.761. The maximum atomic E-state index is 12.2. The average Bonchev–Trinajstić information content (AvgIpc) is 2.98. The molecule has 2 saturated heterocycles. The third-order valence-electron chi connectivity index (χ3n) is 3.71. The van der Waals surface area contributed by atoms with E-state index in [1.807, 2.05) is 4.90 Å². The fraction of sp³-hybridized carbons (Fsp3) is 0.583. The minimum atomic E-state index is 0.118. The molecular weight excluding hydrogens is 204 g/mol. The van der Waals surface area contributed by atoms with E-state index in [0.29, 0.717) is 17.5 Å². The Kier molecular flexibility index (Phi) is 2.44. The standard InChI is InChI=1S/C12H16N2O2/c15-12(10-3-5-16-8-10)14-4-1-2-9-6-13-7-11(9)14/h3,5,8-9,11,13H,1-2,4,6-7H2.